The Hall–Kier alpha value is -0.0800. The lowest BCUT2D eigenvalue weighted by atomic mass is 10.1. The van der Waals surface area contributed by atoms with Crippen LogP contribution in [0.1, 0.15) is 79.1 Å². The predicted molar refractivity (Wildman–Crippen MR) is 83.0 cm³/mol. The van der Waals surface area contributed by atoms with Crippen molar-refractivity contribution >= 4 is 0 Å². The maximum absolute atomic E-state index is 3.62. The van der Waals surface area contributed by atoms with Crippen molar-refractivity contribution in [1.29, 1.82) is 0 Å². The molecule has 0 aliphatic heterocycles. The van der Waals surface area contributed by atoms with E-state index in [1.807, 2.05) is 0 Å². The van der Waals surface area contributed by atoms with Gasteiger partial charge in [0.1, 0.15) is 0 Å². The topological polar surface area (TPSA) is 15.3 Å². The van der Waals surface area contributed by atoms with Gasteiger partial charge in [-0.2, -0.15) is 0 Å². The Labute approximate surface area is 116 Å². The van der Waals surface area contributed by atoms with E-state index in [1.165, 1.54) is 57.9 Å². The molecule has 0 rings (SSSR count). The molecule has 0 spiro atoms. The molecule has 1 N–H and O–H groups in total. The van der Waals surface area contributed by atoms with Crippen LogP contribution in [0.5, 0.6) is 0 Å². The standard InChI is InChI=1S/C16H36N2/c1-5-8-9-10-11-12-13-14-15-17-16(4)18(6-2)7-3/h16-17H,5-15H2,1-4H3. The van der Waals surface area contributed by atoms with Crippen LogP contribution in [-0.4, -0.2) is 30.7 Å². The number of rotatable bonds is 13. The van der Waals surface area contributed by atoms with E-state index >= 15 is 0 Å². The minimum Gasteiger partial charge on any atom is -0.302 e. The number of nitrogens with one attached hydrogen (secondary N) is 1. The highest BCUT2D eigenvalue weighted by molar-refractivity contribution is 4.62. The number of unbranched alkanes of at least 4 members (excludes halogenated alkanes) is 7. The summed E-state index contributed by atoms with van der Waals surface area (Å²) in [4.78, 5) is 2.46. The fourth-order valence-electron chi connectivity index (χ4n) is 2.47. The molecule has 0 amide bonds. The van der Waals surface area contributed by atoms with Gasteiger partial charge in [-0.3, -0.25) is 4.90 Å². The number of nitrogens with zero attached hydrogens (tertiary/aromatic N) is 1. The first-order chi connectivity index (χ1) is 8.76. The molecule has 0 fully saturated rings. The van der Waals surface area contributed by atoms with Crippen molar-refractivity contribution in [3.63, 3.8) is 0 Å². The minimum atomic E-state index is 0.532. The van der Waals surface area contributed by atoms with E-state index in [0.29, 0.717) is 6.17 Å². The fourth-order valence-corrected chi connectivity index (χ4v) is 2.47. The van der Waals surface area contributed by atoms with Crippen LogP contribution in [0.3, 0.4) is 0 Å². The second-order valence-corrected chi connectivity index (χ2v) is 5.33. The van der Waals surface area contributed by atoms with Crippen LogP contribution in [0.15, 0.2) is 0 Å². The van der Waals surface area contributed by atoms with Gasteiger partial charge in [0.05, 0.1) is 6.17 Å². The third kappa shape index (κ3) is 9.90. The van der Waals surface area contributed by atoms with Gasteiger partial charge in [0.25, 0.3) is 0 Å². The zero-order chi connectivity index (χ0) is 13.6. The molecule has 0 aromatic heterocycles. The van der Waals surface area contributed by atoms with Gasteiger partial charge in [-0.15, -0.1) is 0 Å². The number of hydrogen-bond donors (Lipinski definition) is 1. The first-order valence-corrected chi connectivity index (χ1v) is 8.23. The average molecular weight is 256 g/mol. The maximum Gasteiger partial charge on any atom is 0.0567 e. The lowest BCUT2D eigenvalue weighted by molar-refractivity contribution is 0.196. The van der Waals surface area contributed by atoms with E-state index in [4.69, 9.17) is 0 Å². The molecule has 2 nitrogen and oxygen atoms in total. The van der Waals surface area contributed by atoms with Crippen molar-refractivity contribution in [3.05, 3.63) is 0 Å². The Morgan fingerprint density at radius 1 is 0.778 bits per heavy atom. The SMILES string of the molecule is CCCCCCCCCCNC(C)N(CC)CC. The summed E-state index contributed by atoms with van der Waals surface area (Å²) in [6, 6.07) is 0. The van der Waals surface area contributed by atoms with Crippen molar-refractivity contribution < 1.29 is 0 Å². The van der Waals surface area contributed by atoms with Crippen molar-refractivity contribution in [2.75, 3.05) is 19.6 Å². The molecule has 0 bridgehead atoms. The zero-order valence-corrected chi connectivity index (χ0v) is 13.3. The summed E-state index contributed by atoms with van der Waals surface area (Å²) in [6.45, 7) is 12.5. The fraction of sp³-hybridized carbons (Fsp3) is 1.00. The quantitative estimate of drug-likeness (QED) is 0.388. The molecule has 1 unspecified atom stereocenters. The van der Waals surface area contributed by atoms with Gasteiger partial charge < -0.3 is 5.32 Å². The molecule has 0 saturated heterocycles. The summed E-state index contributed by atoms with van der Waals surface area (Å²) >= 11 is 0. The van der Waals surface area contributed by atoms with Crippen molar-refractivity contribution in [2.45, 2.75) is 85.2 Å². The van der Waals surface area contributed by atoms with Crippen LogP contribution in [0.25, 0.3) is 0 Å². The van der Waals surface area contributed by atoms with Gasteiger partial charge in [-0.1, -0.05) is 65.7 Å². The van der Waals surface area contributed by atoms with Gasteiger partial charge in [0.15, 0.2) is 0 Å². The lowest BCUT2D eigenvalue weighted by Crippen LogP contribution is -2.43. The molecule has 1 atom stereocenters. The molecule has 0 aliphatic carbocycles. The van der Waals surface area contributed by atoms with E-state index in [0.717, 1.165) is 13.1 Å². The zero-order valence-electron chi connectivity index (χ0n) is 13.3. The van der Waals surface area contributed by atoms with E-state index in [-0.39, 0.29) is 0 Å². The third-order valence-corrected chi connectivity index (χ3v) is 3.83. The molecule has 2 heteroatoms. The molecule has 0 aromatic carbocycles. The van der Waals surface area contributed by atoms with Crippen molar-refractivity contribution in [3.8, 4) is 0 Å². The molecule has 18 heavy (non-hydrogen) atoms. The van der Waals surface area contributed by atoms with Crippen molar-refractivity contribution in [2.24, 2.45) is 0 Å². The Kier molecular flexibility index (Phi) is 13.3. The second kappa shape index (κ2) is 13.4. The van der Waals surface area contributed by atoms with Gasteiger partial charge >= 0.3 is 0 Å². The molecular formula is C16H36N2. The highest BCUT2D eigenvalue weighted by Crippen LogP contribution is 2.08. The maximum atomic E-state index is 3.62. The van der Waals surface area contributed by atoms with Crippen LogP contribution in [0, 0.1) is 0 Å². The van der Waals surface area contributed by atoms with Gasteiger partial charge in [-0.05, 0) is 33.0 Å². The van der Waals surface area contributed by atoms with Crippen LogP contribution in [0.2, 0.25) is 0 Å². The minimum absolute atomic E-state index is 0.532. The molecule has 0 aliphatic rings. The van der Waals surface area contributed by atoms with Gasteiger partial charge in [0, 0.05) is 0 Å². The second-order valence-electron chi connectivity index (χ2n) is 5.33. The predicted octanol–water partition coefficient (Wildman–Crippen LogP) is 4.40. The highest BCUT2D eigenvalue weighted by Gasteiger charge is 2.07. The Balaban J connectivity index is 3.24. The van der Waals surface area contributed by atoms with Crippen LogP contribution in [-0.2, 0) is 0 Å². The largest absolute Gasteiger partial charge is 0.302 e. The summed E-state index contributed by atoms with van der Waals surface area (Å²) in [6.07, 6.45) is 11.8. The summed E-state index contributed by atoms with van der Waals surface area (Å²) in [5.41, 5.74) is 0. The van der Waals surface area contributed by atoms with Crippen LogP contribution in [0.4, 0.5) is 0 Å². The highest BCUT2D eigenvalue weighted by atomic mass is 15.2. The lowest BCUT2D eigenvalue weighted by Gasteiger charge is -2.27. The summed E-state index contributed by atoms with van der Waals surface area (Å²) in [7, 11) is 0. The summed E-state index contributed by atoms with van der Waals surface area (Å²) in [5.74, 6) is 0. The van der Waals surface area contributed by atoms with E-state index in [9.17, 15) is 0 Å². The molecule has 110 valence electrons. The molecular weight excluding hydrogens is 220 g/mol. The number of hydrogen-bond acceptors (Lipinski definition) is 2. The Morgan fingerprint density at radius 2 is 1.28 bits per heavy atom. The first-order valence-electron chi connectivity index (χ1n) is 8.23. The van der Waals surface area contributed by atoms with Crippen LogP contribution < -0.4 is 5.32 Å². The van der Waals surface area contributed by atoms with Crippen molar-refractivity contribution in [1.82, 2.24) is 10.2 Å². The molecule has 0 heterocycles. The molecule has 0 aromatic rings. The van der Waals surface area contributed by atoms with E-state index in [2.05, 4.69) is 37.9 Å². The average Bonchev–Trinajstić information content (AvgIpc) is 2.38. The smallest absolute Gasteiger partial charge is 0.0567 e. The molecule has 0 radical (unpaired) electrons. The van der Waals surface area contributed by atoms with Gasteiger partial charge in [0.2, 0.25) is 0 Å². The Morgan fingerprint density at radius 3 is 1.78 bits per heavy atom. The summed E-state index contributed by atoms with van der Waals surface area (Å²) < 4.78 is 0. The summed E-state index contributed by atoms with van der Waals surface area (Å²) in [5, 5.41) is 3.62. The van der Waals surface area contributed by atoms with Gasteiger partial charge in [-0.25, -0.2) is 0 Å². The third-order valence-electron chi connectivity index (χ3n) is 3.83. The normalized spacial score (nSPS) is 13.2. The Bertz CT molecular complexity index is 155. The first kappa shape index (κ1) is 17.9. The monoisotopic (exact) mass is 256 g/mol. The van der Waals surface area contributed by atoms with E-state index in [1.54, 1.807) is 0 Å². The van der Waals surface area contributed by atoms with E-state index < -0.39 is 0 Å². The van der Waals surface area contributed by atoms with Crippen LogP contribution >= 0.6 is 0 Å². The molecule has 0 saturated carbocycles.